The van der Waals surface area contributed by atoms with Crippen LogP contribution in [0.1, 0.15) is 58.8 Å². The number of fused-ring (bicyclic) bond motifs is 4. The van der Waals surface area contributed by atoms with Crippen LogP contribution in [-0.2, 0) is 5.41 Å². The highest BCUT2D eigenvalue weighted by Crippen LogP contribution is 2.64. The third kappa shape index (κ3) is 5.92. The van der Waals surface area contributed by atoms with Crippen LogP contribution < -0.4 is 9.80 Å². The molecule has 4 unspecified atom stereocenters. The van der Waals surface area contributed by atoms with Crippen LogP contribution in [0.3, 0.4) is 0 Å². The van der Waals surface area contributed by atoms with Gasteiger partial charge in [0.15, 0.2) is 0 Å². The van der Waals surface area contributed by atoms with Crippen LogP contribution in [-0.4, -0.2) is 12.6 Å². The zero-order chi connectivity index (χ0) is 40.9. The average molecular weight is 785 g/mol. The smallest absolute Gasteiger partial charge is 0.0702 e. The Labute approximate surface area is 360 Å². The van der Waals surface area contributed by atoms with Crippen molar-refractivity contribution < 1.29 is 0 Å². The second kappa shape index (κ2) is 15.1. The van der Waals surface area contributed by atoms with Gasteiger partial charge in [-0.05, 0) is 98.9 Å². The van der Waals surface area contributed by atoms with Crippen molar-refractivity contribution in [2.45, 2.75) is 31.3 Å². The lowest BCUT2D eigenvalue weighted by molar-refractivity contribution is 0.528. The van der Waals surface area contributed by atoms with Gasteiger partial charge in [0.05, 0.1) is 17.8 Å². The van der Waals surface area contributed by atoms with Crippen molar-refractivity contribution in [2.75, 3.05) is 16.3 Å². The molecule has 0 aromatic heterocycles. The van der Waals surface area contributed by atoms with Crippen LogP contribution in [0.25, 0.3) is 28.0 Å². The number of allylic oxidation sites excluding steroid dienone is 5. The predicted molar refractivity (Wildman–Crippen MR) is 257 cm³/mol. The molecule has 0 N–H and O–H groups in total. The Hall–Kier alpha value is -7.16. The van der Waals surface area contributed by atoms with Crippen molar-refractivity contribution in [1.29, 1.82) is 0 Å². The molecule has 11 rings (SSSR count). The van der Waals surface area contributed by atoms with E-state index in [-0.39, 0.29) is 23.4 Å². The van der Waals surface area contributed by atoms with E-state index < -0.39 is 0 Å². The molecule has 0 saturated heterocycles. The molecule has 4 atom stereocenters. The summed E-state index contributed by atoms with van der Waals surface area (Å²) in [6, 6.07) is 74.7. The first-order valence-electron chi connectivity index (χ1n) is 21.8. The van der Waals surface area contributed by atoms with E-state index in [1.165, 1.54) is 83.9 Å². The highest BCUT2D eigenvalue weighted by Gasteiger charge is 2.51. The summed E-state index contributed by atoms with van der Waals surface area (Å²) >= 11 is 0. The van der Waals surface area contributed by atoms with Crippen molar-refractivity contribution in [3.63, 3.8) is 0 Å². The molecule has 2 aliphatic carbocycles. The molecule has 2 heteroatoms. The van der Waals surface area contributed by atoms with Gasteiger partial charge in [0.1, 0.15) is 0 Å². The molecule has 7 aromatic rings. The summed E-state index contributed by atoms with van der Waals surface area (Å²) in [7, 11) is 0. The van der Waals surface area contributed by atoms with E-state index >= 15 is 0 Å². The van der Waals surface area contributed by atoms with Crippen LogP contribution in [0.5, 0.6) is 0 Å². The lowest BCUT2D eigenvalue weighted by atomic mass is 9.66. The molecule has 61 heavy (non-hydrogen) atoms. The van der Waals surface area contributed by atoms with Crippen molar-refractivity contribution >= 4 is 39.4 Å². The molecule has 4 aliphatic rings. The fourth-order valence-electron chi connectivity index (χ4n) is 10.9. The second-order valence-corrected chi connectivity index (χ2v) is 16.8. The Morgan fingerprint density at radius 3 is 1.57 bits per heavy atom. The van der Waals surface area contributed by atoms with E-state index in [1.54, 1.807) is 0 Å². The Balaban J connectivity index is 1.33. The maximum Gasteiger partial charge on any atom is 0.0702 e. The monoisotopic (exact) mass is 784 g/mol. The molecule has 2 nitrogen and oxygen atoms in total. The highest BCUT2D eigenvalue weighted by molar-refractivity contribution is 6.29. The number of nitrogens with zero attached hydrogens (tertiary/aromatic N) is 2. The van der Waals surface area contributed by atoms with Crippen LogP contribution in [0.4, 0.5) is 11.4 Å². The molecule has 0 spiro atoms. The molecule has 0 radical (unpaired) electrons. The quantitative estimate of drug-likeness (QED) is 0.151. The third-order valence-corrected chi connectivity index (χ3v) is 13.5. The Bertz CT molecular complexity index is 2890. The van der Waals surface area contributed by atoms with Gasteiger partial charge in [-0.1, -0.05) is 206 Å². The van der Waals surface area contributed by atoms with Gasteiger partial charge in [0.2, 0.25) is 0 Å². The molecule has 0 amide bonds. The SMILES string of the molecule is CCN1c2ccc(N3C(c4ccccc4)=C4C(c5ccccc5)=C(c5ccccc5)C(c5ccccc5)=C(c5ccccc5)C4C3c3ccccc3)cc2C2(C)C=CC=CC12. The summed E-state index contributed by atoms with van der Waals surface area (Å²) in [5.74, 6) is -0.0564. The number of anilines is 2. The van der Waals surface area contributed by atoms with Crippen LogP contribution in [0.15, 0.2) is 230 Å². The van der Waals surface area contributed by atoms with E-state index in [2.05, 4.69) is 248 Å². The van der Waals surface area contributed by atoms with Crippen LogP contribution in [0, 0.1) is 5.92 Å². The Kier molecular flexibility index (Phi) is 9.16. The molecule has 0 saturated carbocycles. The summed E-state index contributed by atoms with van der Waals surface area (Å²) in [6.07, 6.45) is 9.28. The lowest BCUT2D eigenvalue weighted by Crippen LogP contribution is -2.41. The van der Waals surface area contributed by atoms with Crippen molar-refractivity contribution in [3.05, 3.63) is 269 Å². The molecule has 294 valence electrons. The Morgan fingerprint density at radius 2 is 1.00 bits per heavy atom. The minimum Gasteiger partial charge on any atom is -0.364 e. The first-order chi connectivity index (χ1) is 30.2. The second-order valence-electron chi connectivity index (χ2n) is 16.8. The summed E-state index contributed by atoms with van der Waals surface area (Å²) in [6.45, 7) is 5.66. The zero-order valence-electron chi connectivity index (χ0n) is 34.7. The molecule has 0 bridgehead atoms. The molecule has 0 fully saturated rings. The number of rotatable bonds is 8. The van der Waals surface area contributed by atoms with Gasteiger partial charge in [-0.3, -0.25) is 0 Å². The average Bonchev–Trinajstić information content (AvgIpc) is 3.82. The van der Waals surface area contributed by atoms with E-state index in [4.69, 9.17) is 0 Å². The van der Waals surface area contributed by atoms with Gasteiger partial charge in [0, 0.05) is 29.3 Å². The van der Waals surface area contributed by atoms with Gasteiger partial charge in [-0.2, -0.15) is 0 Å². The van der Waals surface area contributed by atoms with Gasteiger partial charge in [-0.25, -0.2) is 0 Å². The van der Waals surface area contributed by atoms with Crippen LogP contribution in [0.2, 0.25) is 0 Å². The Morgan fingerprint density at radius 1 is 0.492 bits per heavy atom. The van der Waals surface area contributed by atoms with Gasteiger partial charge in [-0.15, -0.1) is 0 Å². The zero-order valence-corrected chi connectivity index (χ0v) is 34.7. The molecule has 2 aliphatic heterocycles. The fraction of sp³-hybridized carbons (Fsp3) is 0.119. The predicted octanol–water partition coefficient (Wildman–Crippen LogP) is 14.1. The molecular weight excluding hydrogens is 737 g/mol. The number of hydrogen-bond acceptors (Lipinski definition) is 2. The maximum atomic E-state index is 2.72. The summed E-state index contributed by atoms with van der Waals surface area (Å²) < 4.78 is 0. The van der Waals surface area contributed by atoms with E-state index in [1.807, 2.05) is 0 Å². The normalized spacial score (nSPS) is 21.5. The summed E-state index contributed by atoms with van der Waals surface area (Å²) in [5.41, 5.74) is 18.9. The maximum absolute atomic E-state index is 2.72. The van der Waals surface area contributed by atoms with Crippen LogP contribution >= 0.6 is 0 Å². The first-order valence-corrected chi connectivity index (χ1v) is 21.8. The number of likely N-dealkylation sites (N-methyl/N-ethyl adjacent to an activating group) is 1. The topological polar surface area (TPSA) is 6.48 Å². The largest absolute Gasteiger partial charge is 0.364 e. The summed E-state index contributed by atoms with van der Waals surface area (Å²) in [4.78, 5) is 5.31. The summed E-state index contributed by atoms with van der Waals surface area (Å²) in [5, 5.41) is 0. The fourth-order valence-corrected chi connectivity index (χ4v) is 10.9. The van der Waals surface area contributed by atoms with E-state index in [0.29, 0.717) is 0 Å². The minimum absolute atomic E-state index is 0.0564. The molecular formula is C59H48N2. The standard InChI is InChI=1S/C59H48N2/c1-3-60-49-38-37-47(40-48(49)59(2)39-23-22-36-50(59)60)61-57(45-32-18-8-19-33-45)55-53(43-28-14-6-15-29-43)51(41-24-10-4-11-25-41)52(42-26-12-5-13-27-42)54(44-30-16-7-17-31-44)56(55)58(61)46-34-20-9-21-35-46/h4-40,50,55,57H,3H2,1-2H3. The van der Waals surface area contributed by atoms with E-state index in [9.17, 15) is 0 Å². The van der Waals surface area contributed by atoms with Crippen molar-refractivity contribution in [3.8, 4) is 0 Å². The molecule has 2 heterocycles. The number of benzene rings is 7. The van der Waals surface area contributed by atoms with Gasteiger partial charge >= 0.3 is 0 Å². The highest BCUT2D eigenvalue weighted by atomic mass is 15.2. The first kappa shape index (κ1) is 36.9. The minimum atomic E-state index is -0.157. The molecule has 7 aromatic carbocycles. The lowest BCUT2D eigenvalue weighted by Gasteiger charge is -2.38. The van der Waals surface area contributed by atoms with Crippen molar-refractivity contribution in [1.82, 2.24) is 0 Å². The van der Waals surface area contributed by atoms with Gasteiger partial charge in [0.25, 0.3) is 0 Å². The van der Waals surface area contributed by atoms with Crippen molar-refractivity contribution in [2.24, 2.45) is 5.92 Å². The number of hydrogen-bond donors (Lipinski definition) is 0. The van der Waals surface area contributed by atoms with Gasteiger partial charge < -0.3 is 9.80 Å². The van der Waals surface area contributed by atoms with E-state index in [0.717, 1.165) is 6.54 Å². The third-order valence-electron chi connectivity index (χ3n) is 13.5.